The summed E-state index contributed by atoms with van der Waals surface area (Å²) in [5.74, 6) is 0.641. The molecule has 5 heteroatoms. The normalized spacial score (nSPS) is 14.5. The van der Waals surface area contributed by atoms with Crippen LogP contribution < -0.4 is 10.6 Å². The molecule has 4 rings (SSSR count). The monoisotopic (exact) mass is 444 g/mol. The zero-order chi connectivity index (χ0) is 23.2. The van der Waals surface area contributed by atoms with E-state index in [-0.39, 0.29) is 5.91 Å². The summed E-state index contributed by atoms with van der Waals surface area (Å²) >= 11 is 0. The highest BCUT2D eigenvalue weighted by atomic mass is 16.1. The highest BCUT2D eigenvalue weighted by Gasteiger charge is 2.18. The Morgan fingerprint density at radius 2 is 1.85 bits per heavy atom. The maximum absolute atomic E-state index is 13.2. The van der Waals surface area contributed by atoms with E-state index in [0.29, 0.717) is 24.0 Å². The first kappa shape index (κ1) is 23.2. The van der Waals surface area contributed by atoms with E-state index in [1.54, 1.807) is 0 Å². The van der Waals surface area contributed by atoms with Gasteiger partial charge in [0.1, 0.15) is 5.82 Å². The van der Waals surface area contributed by atoms with Crippen LogP contribution in [0, 0.1) is 13.8 Å². The minimum atomic E-state index is -0.0436. The molecule has 0 aliphatic heterocycles. The molecule has 1 saturated carbocycles. The maximum Gasteiger partial charge on any atom is 0.252 e. The van der Waals surface area contributed by atoms with Crippen molar-refractivity contribution in [2.45, 2.75) is 58.4 Å². The van der Waals surface area contributed by atoms with Gasteiger partial charge in [-0.05, 0) is 76.0 Å². The highest BCUT2D eigenvalue weighted by molar-refractivity contribution is 6.07. The maximum atomic E-state index is 13.2. The third-order valence-electron chi connectivity index (χ3n) is 6.79. The van der Waals surface area contributed by atoms with E-state index in [1.165, 1.54) is 37.7 Å². The number of nitrogens with zero attached hydrogens (tertiary/aromatic N) is 2. The lowest BCUT2D eigenvalue weighted by Crippen LogP contribution is -2.35. The van der Waals surface area contributed by atoms with E-state index >= 15 is 0 Å². The highest BCUT2D eigenvalue weighted by Crippen LogP contribution is 2.26. The van der Waals surface area contributed by atoms with E-state index in [0.717, 1.165) is 35.1 Å². The molecule has 0 spiro atoms. The van der Waals surface area contributed by atoms with Crippen molar-refractivity contribution in [3.8, 4) is 0 Å². The van der Waals surface area contributed by atoms with Crippen molar-refractivity contribution in [3.63, 3.8) is 0 Å². The van der Waals surface area contributed by atoms with Crippen molar-refractivity contribution in [2.75, 3.05) is 25.5 Å². The number of aromatic nitrogens is 1. The van der Waals surface area contributed by atoms with Gasteiger partial charge in [-0.1, -0.05) is 49.6 Å². The molecular weight excluding hydrogens is 408 g/mol. The second kappa shape index (κ2) is 10.8. The standard InChI is InChI=1S/C28H36N4O/c1-20-14-15-21(2)26(18-20)31-27-19-24(23-12-7-8-13-25(23)30-27)28(33)29-16-9-17-32(3)22-10-5-4-6-11-22/h7-8,12-15,18-19,22H,4-6,9-11,16-17H2,1-3H3,(H,29,33)(H,30,31). The number of hydrogen-bond acceptors (Lipinski definition) is 4. The fraction of sp³-hybridized carbons (Fsp3) is 0.429. The Bertz CT molecular complexity index is 1100. The molecule has 0 radical (unpaired) electrons. The van der Waals surface area contributed by atoms with E-state index in [4.69, 9.17) is 4.98 Å². The number of pyridine rings is 1. The zero-order valence-electron chi connectivity index (χ0n) is 20.2. The largest absolute Gasteiger partial charge is 0.352 e. The number of nitrogens with one attached hydrogen (secondary N) is 2. The van der Waals surface area contributed by atoms with Gasteiger partial charge in [0.05, 0.1) is 11.1 Å². The molecule has 0 bridgehead atoms. The third kappa shape index (κ3) is 5.91. The number of carbonyl (C=O) groups excluding carboxylic acids is 1. The Balaban J connectivity index is 1.44. The number of benzene rings is 2. The zero-order valence-corrected chi connectivity index (χ0v) is 20.2. The first-order valence-corrected chi connectivity index (χ1v) is 12.2. The Hall–Kier alpha value is -2.92. The molecule has 2 N–H and O–H groups in total. The van der Waals surface area contributed by atoms with Crippen LogP contribution in [-0.2, 0) is 0 Å². The van der Waals surface area contributed by atoms with Gasteiger partial charge >= 0.3 is 0 Å². The molecule has 0 unspecified atom stereocenters. The Morgan fingerprint density at radius 3 is 2.67 bits per heavy atom. The van der Waals surface area contributed by atoms with Crippen molar-refractivity contribution in [2.24, 2.45) is 0 Å². The lowest BCUT2D eigenvalue weighted by molar-refractivity contribution is 0.0952. The first-order valence-electron chi connectivity index (χ1n) is 12.2. The summed E-state index contributed by atoms with van der Waals surface area (Å²) in [5, 5.41) is 7.44. The van der Waals surface area contributed by atoms with Crippen LogP contribution in [0.4, 0.5) is 11.5 Å². The smallest absolute Gasteiger partial charge is 0.252 e. The molecule has 33 heavy (non-hydrogen) atoms. The number of carbonyl (C=O) groups is 1. The summed E-state index contributed by atoms with van der Waals surface area (Å²) in [5.41, 5.74) is 4.81. The Kier molecular flexibility index (Phi) is 7.61. The van der Waals surface area contributed by atoms with Crippen molar-refractivity contribution in [1.82, 2.24) is 15.2 Å². The van der Waals surface area contributed by atoms with Crippen molar-refractivity contribution < 1.29 is 4.79 Å². The van der Waals surface area contributed by atoms with Crippen LogP contribution in [-0.4, -0.2) is 42.0 Å². The predicted molar refractivity (Wildman–Crippen MR) is 137 cm³/mol. The second-order valence-corrected chi connectivity index (χ2v) is 9.40. The van der Waals surface area contributed by atoms with Crippen LogP contribution in [0.5, 0.6) is 0 Å². The van der Waals surface area contributed by atoms with Gasteiger partial charge in [0.25, 0.3) is 5.91 Å². The Morgan fingerprint density at radius 1 is 1.06 bits per heavy atom. The molecule has 5 nitrogen and oxygen atoms in total. The van der Waals surface area contributed by atoms with Crippen LogP contribution in [0.15, 0.2) is 48.5 Å². The summed E-state index contributed by atoms with van der Waals surface area (Å²) in [6.45, 7) is 5.83. The molecule has 1 aromatic heterocycles. The molecule has 0 atom stereocenters. The van der Waals surface area contributed by atoms with Crippen LogP contribution in [0.1, 0.15) is 60.0 Å². The van der Waals surface area contributed by atoms with Gasteiger partial charge in [-0.15, -0.1) is 0 Å². The van der Waals surface area contributed by atoms with Crippen LogP contribution in [0.2, 0.25) is 0 Å². The molecule has 1 aliphatic carbocycles. The molecule has 3 aromatic rings. The topological polar surface area (TPSA) is 57.3 Å². The third-order valence-corrected chi connectivity index (χ3v) is 6.79. The number of rotatable bonds is 8. The second-order valence-electron chi connectivity index (χ2n) is 9.40. The summed E-state index contributed by atoms with van der Waals surface area (Å²) < 4.78 is 0. The summed E-state index contributed by atoms with van der Waals surface area (Å²) in [6.07, 6.45) is 7.64. The average Bonchev–Trinajstić information content (AvgIpc) is 2.84. The summed E-state index contributed by atoms with van der Waals surface area (Å²) in [7, 11) is 2.22. The van der Waals surface area contributed by atoms with Gasteiger partial charge < -0.3 is 15.5 Å². The van der Waals surface area contributed by atoms with Crippen LogP contribution in [0.3, 0.4) is 0 Å². The predicted octanol–water partition coefficient (Wildman–Crippen LogP) is 5.98. The number of aryl methyl sites for hydroxylation is 2. The summed E-state index contributed by atoms with van der Waals surface area (Å²) in [4.78, 5) is 20.4. The number of amides is 1. The van der Waals surface area contributed by atoms with Crippen LogP contribution >= 0.6 is 0 Å². The average molecular weight is 445 g/mol. The van der Waals surface area contributed by atoms with Crippen molar-refractivity contribution in [3.05, 3.63) is 65.2 Å². The van der Waals surface area contributed by atoms with Gasteiger partial charge in [-0.3, -0.25) is 4.79 Å². The van der Waals surface area contributed by atoms with E-state index < -0.39 is 0 Å². The van der Waals surface area contributed by atoms with Crippen molar-refractivity contribution in [1.29, 1.82) is 0 Å². The van der Waals surface area contributed by atoms with Gasteiger partial charge in [-0.25, -0.2) is 4.98 Å². The fourth-order valence-corrected chi connectivity index (χ4v) is 4.77. The first-order chi connectivity index (χ1) is 16.0. The molecular formula is C28H36N4O. The summed E-state index contributed by atoms with van der Waals surface area (Å²) in [6, 6.07) is 16.7. The lowest BCUT2D eigenvalue weighted by Gasteiger charge is -2.31. The van der Waals surface area contributed by atoms with Crippen LogP contribution in [0.25, 0.3) is 10.9 Å². The molecule has 1 amide bonds. The molecule has 174 valence electrons. The molecule has 0 saturated heterocycles. The van der Waals surface area contributed by atoms with Gasteiger partial charge in [0, 0.05) is 23.7 Å². The molecule has 1 heterocycles. The number of fused-ring (bicyclic) bond motifs is 1. The minimum absolute atomic E-state index is 0.0436. The fourth-order valence-electron chi connectivity index (χ4n) is 4.77. The van der Waals surface area contributed by atoms with Crippen molar-refractivity contribution >= 4 is 28.3 Å². The molecule has 2 aromatic carbocycles. The van der Waals surface area contributed by atoms with E-state index in [2.05, 4.69) is 54.6 Å². The Labute approximate surface area is 197 Å². The van der Waals surface area contributed by atoms with E-state index in [1.807, 2.05) is 30.3 Å². The number of para-hydroxylation sites is 1. The minimum Gasteiger partial charge on any atom is -0.352 e. The van der Waals surface area contributed by atoms with Gasteiger partial charge in [0.15, 0.2) is 0 Å². The molecule has 1 aliphatic rings. The number of anilines is 2. The quantitative estimate of drug-likeness (QED) is 0.420. The van der Waals surface area contributed by atoms with E-state index in [9.17, 15) is 4.79 Å². The number of hydrogen-bond donors (Lipinski definition) is 2. The SMILES string of the molecule is Cc1ccc(C)c(Nc2cc(C(=O)NCCCN(C)C3CCCCC3)c3ccccc3n2)c1. The van der Waals surface area contributed by atoms with Gasteiger partial charge in [0.2, 0.25) is 0 Å². The van der Waals surface area contributed by atoms with Gasteiger partial charge in [-0.2, -0.15) is 0 Å². The molecule has 1 fully saturated rings. The lowest BCUT2D eigenvalue weighted by atomic mass is 9.94.